The number of aromatic nitrogens is 2. The molecule has 2 aromatic rings. The van der Waals surface area contributed by atoms with Gasteiger partial charge in [0.05, 0.1) is 17.8 Å². The standard InChI is InChI=1S/C14H20N4O/c1-10(2)19-13-7-5-4-6-11(13)14(17-15)12-8-9-16-18(12)3/h4-10,14,17H,15H2,1-3H3. The number of ether oxygens (including phenoxy) is 1. The summed E-state index contributed by atoms with van der Waals surface area (Å²) in [5, 5.41) is 4.18. The Morgan fingerprint density at radius 3 is 2.58 bits per heavy atom. The molecule has 0 aliphatic carbocycles. The fourth-order valence-electron chi connectivity index (χ4n) is 2.08. The molecule has 0 radical (unpaired) electrons. The molecule has 0 aliphatic heterocycles. The second-order valence-electron chi connectivity index (χ2n) is 4.68. The average molecular weight is 260 g/mol. The second-order valence-corrected chi connectivity index (χ2v) is 4.68. The van der Waals surface area contributed by atoms with Crippen LogP contribution in [0.3, 0.4) is 0 Å². The van der Waals surface area contributed by atoms with Gasteiger partial charge in [-0.25, -0.2) is 5.43 Å². The number of hydrazine groups is 1. The molecular weight excluding hydrogens is 240 g/mol. The quantitative estimate of drug-likeness (QED) is 0.635. The maximum Gasteiger partial charge on any atom is 0.124 e. The number of nitrogens with one attached hydrogen (secondary N) is 1. The van der Waals surface area contributed by atoms with Gasteiger partial charge in [0.15, 0.2) is 0 Å². The summed E-state index contributed by atoms with van der Waals surface area (Å²) < 4.78 is 7.64. The number of hydrogen-bond donors (Lipinski definition) is 2. The van der Waals surface area contributed by atoms with Crippen molar-refractivity contribution in [1.29, 1.82) is 0 Å². The van der Waals surface area contributed by atoms with Crippen LogP contribution in [0.2, 0.25) is 0 Å². The van der Waals surface area contributed by atoms with Crippen molar-refractivity contribution in [2.24, 2.45) is 12.9 Å². The predicted octanol–water partition coefficient (Wildman–Crippen LogP) is 1.76. The summed E-state index contributed by atoms with van der Waals surface area (Å²) >= 11 is 0. The lowest BCUT2D eigenvalue weighted by Crippen LogP contribution is -2.31. The van der Waals surface area contributed by atoms with Gasteiger partial charge in [-0.1, -0.05) is 18.2 Å². The molecule has 3 N–H and O–H groups in total. The van der Waals surface area contributed by atoms with E-state index in [-0.39, 0.29) is 12.1 Å². The van der Waals surface area contributed by atoms with Crippen molar-refractivity contribution in [1.82, 2.24) is 15.2 Å². The van der Waals surface area contributed by atoms with E-state index in [9.17, 15) is 0 Å². The van der Waals surface area contributed by atoms with Crippen LogP contribution in [0, 0.1) is 0 Å². The van der Waals surface area contributed by atoms with E-state index in [2.05, 4.69) is 10.5 Å². The number of para-hydroxylation sites is 1. The zero-order valence-electron chi connectivity index (χ0n) is 11.5. The maximum atomic E-state index is 5.84. The van der Waals surface area contributed by atoms with Crippen LogP contribution in [0.1, 0.15) is 31.1 Å². The summed E-state index contributed by atoms with van der Waals surface area (Å²) in [6.45, 7) is 4.01. The summed E-state index contributed by atoms with van der Waals surface area (Å²) in [7, 11) is 1.89. The molecule has 1 aromatic heterocycles. The van der Waals surface area contributed by atoms with Crippen molar-refractivity contribution in [3.8, 4) is 5.75 Å². The number of nitrogens with two attached hydrogens (primary N) is 1. The zero-order chi connectivity index (χ0) is 13.8. The number of rotatable bonds is 5. The Morgan fingerprint density at radius 1 is 1.26 bits per heavy atom. The number of nitrogens with zero attached hydrogens (tertiary/aromatic N) is 2. The first-order chi connectivity index (χ1) is 9.13. The summed E-state index contributed by atoms with van der Waals surface area (Å²) in [5.74, 6) is 6.55. The third-order valence-electron chi connectivity index (χ3n) is 2.91. The largest absolute Gasteiger partial charge is 0.491 e. The van der Waals surface area contributed by atoms with E-state index in [1.807, 2.05) is 51.2 Å². The molecule has 1 aromatic carbocycles. The van der Waals surface area contributed by atoms with E-state index in [4.69, 9.17) is 10.6 Å². The van der Waals surface area contributed by atoms with Gasteiger partial charge in [-0.05, 0) is 26.0 Å². The van der Waals surface area contributed by atoms with Crippen LogP contribution >= 0.6 is 0 Å². The van der Waals surface area contributed by atoms with Crippen molar-refractivity contribution in [3.05, 3.63) is 47.8 Å². The highest BCUT2D eigenvalue weighted by Gasteiger charge is 2.19. The minimum absolute atomic E-state index is 0.117. The third-order valence-corrected chi connectivity index (χ3v) is 2.91. The van der Waals surface area contributed by atoms with Crippen LogP contribution in [0.15, 0.2) is 36.5 Å². The number of aryl methyl sites for hydroxylation is 1. The van der Waals surface area contributed by atoms with E-state index in [0.717, 1.165) is 17.0 Å². The highest BCUT2D eigenvalue weighted by atomic mass is 16.5. The van der Waals surface area contributed by atoms with Crippen molar-refractivity contribution < 1.29 is 4.74 Å². The first-order valence-electron chi connectivity index (χ1n) is 6.33. The Kier molecular flexibility index (Phi) is 4.19. The molecule has 1 atom stereocenters. The van der Waals surface area contributed by atoms with Crippen LogP contribution in [-0.4, -0.2) is 15.9 Å². The number of hydrogen-bond acceptors (Lipinski definition) is 4. The molecule has 0 aliphatic rings. The minimum Gasteiger partial charge on any atom is -0.491 e. The molecule has 5 nitrogen and oxygen atoms in total. The molecule has 0 fully saturated rings. The van der Waals surface area contributed by atoms with E-state index in [1.54, 1.807) is 10.9 Å². The predicted molar refractivity (Wildman–Crippen MR) is 74.6 cm³/mol. The Balaban J connectivity index is 2.41. The Labute approximate surface area is 113 Å². The fourth-order valence-corrected chi connectivity index (χ4v) is 2.08. The van der Waals surface area contributed by atoms with Gasteiger partial charge >= 0.3 is 0 Å². The molecular formula is C14H20N4O. The summed E-state index contributed by atoms with van der Waals surface area (Å²) in [5.41, 5.74) is 4.82. The molecule has 0 spiro atoms. The Bertz CT molecular complexity index is 536. The van der Waals surface area contributed by atoms with Gasteiger partial charge in [0.1, 0.15) is 5.75 Å². The van der Waals surface area contributed by atoms with E-state index in [1.165, 1.54) is 0 Å². The van der Waals surface area contributed by atoms with Crippen LogP contribution < -0.4 is 16.0 Å². The number of benzene rings is 1. The third kappa shape index (κ3) is 2.94. The maximum absolute atomic E-state index is 5.84. The van der Waals surface area contributed by atoms with Gasteiger partial charge in [-0.3, -0.25) is 10.5 Å². The summed E-state index contributed by atoms with van der Waals surface area (Å²) in [6.07, 6.45) is 1.87. The summed E-state index contributed by atoms with van der Waals surface area (Å²) in [6, 6.07) is 9.69. The van der Waals surface area contributed by atoms with Crippen molar-refractivity contribution in [2.45, 2.75) is 26.0 Å². The Morgan fingerprint density at radius 2 is 2.00 bits per heavy atom. The van der Waals surface area contributed by atoms with Crippen LogP contribution in [0.5, 0.6) is 5.75 Å². The van der Waals surface area contributed by atoms with Crippen molar-refractivity contribution >= 4 is 0 Å². The SMILES string of the molecule is CC(C)Oc1ccccc1C(NN)c1ccnn1C. The van der Waals surface area contributed by atoms with Crippen molar-refractivity contribution in [3.63, 3.8) is 0 Å². The average Bonchev–Trinajstić information content (AvgIpc) is 2.78. The first kappa shape index (κ1) is 13.6. The highest BCUT2D eigenvalue weighted by molar-refractivity contribution is 5.40. The summed E-state index contributed by atoms with van der Waals surface area (Å²) in [4.78, 5) is 0. The van der Waals surface area contributed by atoms with Crippen LogP contribution in [0.25, 0.3) is 0 Å². The lowest BCUT2D eigenvalue weighted by molar-refractivity contribution is 0.238. The van der Waals surface area contributed by atoms with E-state index < -0.39 is 0 Å². The topological polar surface area (TPSA) is 65.1 Å². The monoisotopic (exact) mass is 260 g/mol. The van der Waals surface area contributed by atoms with Gasteiger partial charge in [-0.15, -0.1) is 0 Å². The van der Waals surface area contributed by atoms with Crippen LogP contribution in [0.4, 0.5) is 0 Å². The molecule has 5 heteroatoms. The van der Waals surface area contributed by atoms with E-state index >= 15 is 0 Å². The van der Waals surface area contributed by atoms with Gasteiger partial charge in [0.25, 0.3) is 0 Å². The molecule has 2 rings (SSSR count). The lowest BCUT2D eigenvalue weighted by atomic mass is 10.0. The highest BCUT2D eigenvalue weighted by Crippen LogP contribution is 2.29. The van der Waals surface area contributed by atoms with E-state index in [0.29, 0.717) is 0 Å². The first-order valence-corrected chi connectivity index (χ1v) is 6.33. The van der Waals surface area contributed by atoms with Crippen LogP contribution in [-0.2, 0) is 7.05 Å². The zero-order valence-corrected chi connectivity index (χ0v) is 11.5. The molecule has 0 saturated carbocycles. The van der Waals surface area contributed by atoms with Gasteiger partial charge in [0, 0.05) is 18.8 Å². The minimum atomic E-state index is -0.151. The Hall–Kier alpha value is -1.85. The second kappa shape index (κ2) is 5.86. The van der Waals surface area contributed by atoms with Crippen molar-refractivity contribution in [2.75, 3.05) is 0 Å². The lowest BCUT2D eigenvalue weighted by Gasteiger charge is -2.21. The normalized spacial score (nSPS) is 12.7. The molecule has 0 saturated heterocycles. The van der Waals surface area contributed by atoms with Gasteiger partial charge in [0.2, 0.25) is 0 Å². The van der Waals surface area contributed by atoms with Gasteiger partial charge in [-0.2, -0.15) is 5.10 Å². The molecule has 0 amide bonds. The molecule has 102 valence electrons. The fraction of sp³-hybridized carbons (Fsp3) is 0.357. The molecule has 0 bridgehead atoms. The molecule has 1 heterocycles. The molecule has 19 heavy (non-hydrogen) atoms. The molecule has 1 unspecified atom stereocenters. The smallest absolute Gasteiger partial charge is 0.124 e. The van der Waals surface area contributed by atoms with Gasteiger partial charge < -0.3 is 4.74 Å².